The summed E-state index contributed by atoms with van der Waals surface area (Å²) >= 11 is 0. The number of amides is 1. The third kappa shape index (κ3) is 5.08. The summed E-state index contributed by atoms with van der Waals surface area (Å²) in [7, 11) is 0. The first kappa shape index (κ1) is 19.0. The van der Waals surface area contributed by atoms with E-state index in [-0.39, 0.29) is 18.5 Å². The van der Waals surface area contributed by atoms with Gasteiger partial charge in [0.25, 0.3) is 0 Å². The van der Waals surface area contributed by atoms with Gasteiger partial charge in [0.15, 0.2) is 5.78 Å². The minimum Gasteiger partial charge on any atom is -0.377 e. The lowest BCUT2D eigenvalue weighted by molar-refractivity contribution is -0.137. The first-order valence-electron chi connectivity index (χ1n) is 8.09. The van der Waals surface area contributed by atoms with Crippen LogP contribution in [0.1, 0.15) is 25.8 Å². The van der Waals surface area contributed by atoms with Crippen LogP contribution in [0.2, 0.25) is 0 Å². The highest BCUT2D eigenvalue weighted by atomic mass is 19.4. The second-order valence-corrected chi connectivity index (χ2v) is 6.40. The van der Waals surface area contributed by atoms with Gasteiger partial charge in [0, 0.05) is 18.7 Å². The van der Waals surface area contributed by atoms with Crippen LogP contribution in [-0.2, 0) is 16.1 Å². The lowest BCUT2D eigenvalue weighted by Crippen LogP contribution is -2.49. The molecule has 25 heavy (non-hydrogen) atoms. The summed E-state index contributed by atoms with van der Waals surface area (Å²) in [6.07, 6.45) is -3.64. The largest absolute Gasteiger partial charge is 0.431 e. The van der Waals surface area contributed by atoms with Crippen LogP contribution in [-0.4, -0.2) is 23.9 Å². The Labute approximate surface area is 144 Å². The summed E-state index contributed by atoms with van der Waals surface area (Å²) in [6, 6.07) is 8.47. The third-order valence-electron chi connectivity index (χ3n) is 4.19. The Morgan fingerprint density at radius 2 is 1.92 bits per heavy atom. The minimum absolute atomic E-state index is 0.0666. The number of piperidine rings is 1. The summed E-state index contributed by atoms with van der Waals surface area (Å²) in [5.41, 5.74) is -0.484. The number of rotatable bonds is 5. The number of hydrogen-bond donors (Lipinski definition) is 2. The van der Waals surface area contributed by atoms with Crippen molar-refractivity contribution >= 4 is 11.7 Å². The van der Waals surface area contributed by atoms with Crippen LogP contribution >= 0.6 is 0 Å². The highest BCUT2D eigenvalue weighted by molar-refractivity contribution is 6.07. The van der Waals surface area contributed by atoms with Crippen molar-refractivity contribution in [2.24, 2.45) is 11.8 Å². The van der Waals surface area contributed by atoms with Gasteiger partial charge in [-0.05, 0) is 24.8 Å². The number of nitrogens with one attached hydrogen (secondary N) is 2. The average molecular weight is 354 g/mol. The van der Waals surface area contributed by atoms with Gasteiger partial charge in [-0.1, -0.05) is 37.3 Å². The van der Waals surface area contributed by atoms with Gasteiger partial charge in [-0.3, -0.25) is 9.59 Å². The molecule has 2 rings (SSSR count). The highest BCUT2D eigenvalue weighted by Gasteiger charge is 2.39. The number of hydrogen-bond acceptors (Lipinski definition) is 3. The predicted octanol–water partition coefficient (Wildman–Crippen LogP) is 2.95. The monoisotopic (exact) mass is 354 g/mol. The molecule has 1 fully saturated rings. The van der Waals surface area contributed by atoms with Crippen molar-refractivity contribution in [1.82, 2.24) is 10.6 Å². The third-order valence-corrected chi connectivity index (χ3v) is 4.19. The van der Waals surface area contributed by atoms with E-state index >= 15 is 0 Å². The molecule has 1 saturated heterocycles. The Kier molecular flexibility index (Phi) is 5.87. The fraction of sp³-hybridized carbons (Fsp3) is 0.444. The summed E-state index contributed by atoms with van der Waals surface area (Å²) in [5.74, 6) is -2.75. The van der Waals surface area contributed by atoms with E-state index in [1.54, 1.807) is 44.2 Å². The molecule has 0 radical (unpaired) electrons. The molecule has 1 amide bonds. The van der Waals surface area contributed by atoms with Gasteiger partial charge in [0.05, 0.1) is 0 Å². The molecule has 1 aliphatic rings. The van der Waals surface area contributed by atoms with Crippen LogP contribution < -0.4 is 10.6 Å². The van der Waals surface area contributed by atoms with Crippen LogP contribution in [0.25, 0.3) is 0 Å². The lowest BCUT2D eigenvalue weighted by Gasteiger charge is -2.31. The summed E-state index contributed by atoms with van der Waals surface area (Å²) in [5, 5.41) is 4.89. The van der Waals surface area contributed by atoms with Crippen LogP contribution in [0.3, 0.4) is 0 Å². The van der Waals surface area contributed by atoms with Crippen molar-refractivity contribution in [1.29, 1.82) is 0 Å². The van der Waals surface area contributed by atoms with Crippen LogP contribution in [0.5, 0.6) is 0 Å². The molecule has 3 atom stereocenters. The molecule has 1 heterocycles. The van der Waals surface area contributed by atoms with Crippen molar-refractivity contribution in [2.45, 2.75) is 39.0 Å². The van der Waals surface area contributed by atoms with Crippen molar-refractivity contribution < 1.29 is 22.8 Å². The maximum atomic E-state index is 13.2. The summed E-state index contributed by atoms with van der Waals surface area (Å²) in [6.45, 7) is 3.44. The van der Waals surface area contributed by atoms with Crippen molar-refractivity contribution in [3.63, 3.8) is 0 Å². The van der Waals surface area contributed by atoms with Crippen molar-refractivity contribution in [2.75, 3.05) is 0 Å². The number of allylic oxidation sites excluding steroid dienone is 2. The minimum atomic E-state index is -4.70. The topological polar surface area (TPSA) is 58.2 Å². The van der Waals surface area contributed by atoms with E-state index in [2.05, 4.69) is 10.6 Å². The number of carbonyl (C=O) groups is 2. The van der Waals surface area contributed by atoms with E-state index in [1.165, 1.54) is 0 Å². The van der Waals surface area contributed by atoms with E-state index in [4.69, 9.17) is 0 Å². The molecule has 0 spiro atoms. The highest BCUT2D eigenvalue weighted by Crippen LogP contribution is 2.28. The number of benzene rings is 1. The molecule has 2 N–H and O–H groups in total. The molecule has 4 nitrogen and oxygen atoms in total. The Balaban J connectivity index is 2.16. The fourth-order valence-electron chi connectivity index (χ4n) is 3.01. The molecule has 136 valence electrons. The number of alkyl halides is 3. The fourth-order valence-corrected chi connectivity index (χ4v) is 3.01. The Bertz CT molecular complexity index is 656. The second-order valence-electron chi connectivity index (χ2n) is 6.40. The molecular weight excluding hydrogens is 333 g/mol. The van der Waals surface area contributed by atoms with E-state index in [0.717, 1.165) is 0 Å². The van der Waals surface area contributed by atoms with Crippen LogP contribution in [0, 0.1) is 11.8 Å². The SMILES string of the molecule is CC1CC(C)C(C(=O)/C=C(\NCc2ccccc2)C(F)(F)F)C(=O)N1. The molecule has 1 aliphatic heterocycles. The van der Waals surface area contributed by atoms with Crippen molar-refractivity contribution in [3.8, 4) is 0 Å². The van der Waals surface area contributed by atoms with E-state index in [1.807, 2.05) is 0 Å². The number of halogens is 3. The van der Waals surface area contributed by atoms with Gasteiger partial charge >= 0.3 is 6.18 Å². The first-order chi connectivity index (χ1) is 11.7. The molecule has 0 saturated carbocycles. The van der Waals surface area contributed by atoms with Gasteiger partial charge in [-0.15, -0.1) is 0 Å². The molecule has 7 heteroatoms. The molecule has 3 unspecified atom stereocenters. The molecule has 0 aliphatic carbocycles. The number of carbonyl (C=O) groups excluding carboxylic acids is 2. The van der Waals surface area contributed by atoms with Crippen LogP contribution in [0.15, 0.2) is 42.1 Å². The van der Waals surface area contributed by atoms with Gasteiger partial charge in [-0.2, -0.15) is 13.2 Å². The normalized spacial score (nSPS) is 24.6. The number of ketones is 1. The molecule has 1 aromatic rings. The maximum Gasteiger partial charge on any atom is 0.431 e. The average Bonchev–Trinajstić information content (AvgIpc) is 2.50. The smallest absolute Gasteiger partial charge is 0.377 e. The maximum absolute atomic E-state index is 13.2. The van der Waals surface area contributed by atoms with Crippen LogP contribution in [0.4, 0.5) is 13.2 Å². The zero-order valence-electron chi connectivity index (χ0n) is 14.1. The summed E-state index contributed by atoms with van der Waals surface area (Å²) in [4.78, 5) is 24.3. The zero-order chi connectivity index (χ0) is 18.6. The van der Waals surface area contributed by atoms with Gasteiger partial charge in [0.1, 0.15) is 11.6 Å². The Morgan fingerprint density at radius 1 is 1.28 bits per heavy atom. The van der Waals surface area contributed by atoms with E-state index in [0.29, 0.717) is 18.1 Å². The predicted molar refractivity (Wildman–Crippen MR) is 87.3 cm³/mol. The Hall–Kier alpha value is -2.31. The second kappa shape index (κ2) is 7.72. The van der Waals surface area contributed by atoms with Crippen molar-refractivity contribution in [3.05, 3.63) is 47.7 Å². The summed E-state index contributed by atoms with van der Waals surface area (Å²) < 4.78 is 39.7. The van der Waals surface area contributed by atoms with Gasteiger partial charge < -0.3 is 10.6 Å². The van der Waals surface area contributed by atoms with Gasteiger partial charge in [0.2, 0.25) is 5.91 Å². The zero-order valence-corrected chi connectivity index (χ0v) is 14.1. The molecule has 0 bridgehead atoms. The van der Waals surface area contributed by atoms with Gasteiger partial charge in [-0.25, -0.2) is 0 Å². The molecular formula is C18H21F3N2O2. The van der Waals surface area contributed by atoms with E-state index < -0.39 is 29.5 Å². The molecule has 0 aromatic heterocycles. The lowest BCUT2D eigenvalue weighted by atomic mass is 9.81. The standard InChI is InChI=1S/C18H21F3N2O2/c1-11-8-12(2)23-17(25)16(11)14(24)9-15(18(19,20)21)22-10-13-6-4-3-5-7-13/h3-7,9,11-12,16,22H,8,10H2,1-2H3,(H,23,25)/b15-9-. The first-order valence-corrected chi connectivity index (χ1v) is 8.09. The Morgan fingerprint density at radius 3 is 2.48 bits per heavy atom. The van der Waals surface area contributed by atoms with E-state index in [9.17, 15) is 22.8 Å². The quantitative estimate of drug-likeness (QED) is 0.631. The molecule has 1 aromatic carbocycles.